The monoisotopic (exact) mass is 412 g/mol. The maximum atomic E-state index is 10.9. The van der Waals surface area contributed by atoms with Crippen LogP contribution >= 0.6 is 7.82 Å². The zero-order valence-corrected chi connectivity index (χ0v) is 15.1. The third kappa shape index (κ3) is 3.31. The molecule has 0 spiro atoms. The number of aliphatic hydroxyl groups is 2. The number of nitrogens with zero attached hydrogens (tertiary/aromatic N) is 3. The van der Waals surface area contributed by atoms with Gasteiger partial charge in [-0.15, -0.1) is 0 Å². The predicted molar refractivity (Wildman–Crippen MR) is 93.6 cm³/mol. The van der Waals surface area contributed by atoms with E-state index in [-0.39, 0.29) is 5.82 Å². The molecule has 3 aromatic rings. The van der Waals surface area contributed by atoms with Crippen molar-refractivity contribution in [3.63, 3.8) is 0 Å². The Labute approximate surface area is 157 Å². The molecule has 1 aliphatic rings. The van der Waals surface area contributed by atoms with E-state index >= 15 is 0 Å². The van der Waals surface area contributed by atoms with Crippen LogP contribution in [-0.2, 0) is 13.8 Å². The van der Waals surface area contributed by atoms with Gasteiger partial charge in [0.1, 0.15) is 36.1 Å². The summed E-state index contributed by atoms with van der Waals surface area (Å²) in [4.78, 5) is 25.9. The summed E-state index contributed by atoms with van der Waals surface area (Å²) in [6.45, 7) is -0.607. The number of rotatable bonds is 5. The van der Waals surface area contributed by atoms with Crippen LogP contribution in [0.1, 0.15) is 6.23 Å². The van der Waals surface area contributed by atoms with Crippen LogP contribution in [0.25, 0.3) is 22.2 Å². The Kier molecular flexibility index (Phi) is 4.71. The van der Waals surface area contributed by atoms with Gasteiger partial charge in [0.25, 0.3) is 0 Å². The molecule has 4 atom stereocenters. The molecule has 12 nitrogen and oxygen atoms in total. The largest absolute Gasteiger partial charge is 0.472 e. The van der Waals surface area contributed by atoms with Crippen molar-refractivity contribution >= 4 is 24.7 Å². The molecule has 150 valence electrons. The van der Waals surface area contributed by atoms with Gasteiger partial charge in [-0.1, -0.05) is 0 Å². The van der Waals surface area contributed by atoms with Crippen molar-refractivity contribution in [1.82, 2.24) is 14.5 Å². The molecule has 0 aromatic carbocycles. The minimum atomic E-state index is -4.76. The number of aromatic nitrogens is 3. The normalized spacial score (nSPS) is 25.6. The second-order valence-electron chi connectivity index (χ2n) is 6.25. The maximum absolute atomic E-state index is 10.9. The number of hydrogen-bond acceptors (Lipinski definition) is 9. The predicted octanol–water partition coefficient (Wildman–Crippen LogP) is 0.00200. The fourth-order valence-electron chi connectivity index (χ4n) is 3.21. The lowest BCUT2D eigenvalue weighted by atomic mass is 10.1. The van der Waals surface area contributed by atoms with Crippen LogP contribution in [0.4, 0.5) is 5.82 Å². The van der Waals surface area contributed by atoms with Crippen LogP contribution in [0.5, 0.6) is 0 Å². The zero-order valence-electron chi connectivity index (χ0n) is 14.2. The Morgan fingerprint density at radius 2 is 2.07 bits per heavy atom. The highest BCUT2D eigenvalue weighted by atomic mass is 31.2. The van der Waals surface area contributed by atoms with Gasteiger partial charge in [-0.25, -0.2) is 14.5 Å². The molecular weight excluding hydrogens is 395 g/mol. The van der Waals surface area contributed by atoms with Gasteiger partial charge in [-0.3, -0.25) is 4.52 Å². The number of furan rings is 1. The molecule has 1 saturated heterocycles. The molecule has 0 radical (unpaired) electrons. The average Bonchev–Trinajstić information content (AvgIpc) is 3.33. The number of nitrogens with two attached hydrogens (primary N) is 1. The van der Waals surface area contributed by atoms with E-state index in [2.05, 4.69) is 14.5 Å². The third-order valence-electron chi connectivity index (χ3n) is 4.49. The minimum Gasteiger partial charge on any atom is -0.472 e. The Hall–Kier alpha value is -2.31. The summed E-state index contributed by atoms with van der Waals surface area (Å²) >= 11 is 0. The van der Waals surface area contributed by atoms with Gasteiger partial charge in [-0.2, -0.15) is 0 Å². The number of aliphatic hydroxyl groups excluding tert-OH is 2. The fraction of sp³-hybridized carbons (Fsp3) is 0.333. The van der Waals surface area contributed by atoms with Crippen LogP contribution in [0.2, 0.25) is 0 Å². The highest BCUT2D eigenvalue weighted by molar-refractivity contribution is 7.46. The van der Waals surface area contributed by atoms with Crippen LogP contribution in [0, 0.1) is 0 Å². The van der Waals surface area contributed by atoms with Gasteiger partial charge in [0.15, 0.2) is 6.23 Å². The van der Waals surface area contributed by atoms with Crippen molar-refractivity contribution in [2.24, 2.45) is 0 Å². The van der Waals surface area contributed by atoms with E-state index in [0.29, 0.717) is 22.2 Å². The van der Waals surface area contributed by atoms with E-state index in [1.54, 1.807) is 12.3 Å². The maximum Gasteiger partial charge on any atom is 0.469 e. The van der Waals surface area contributed by atoms with Crippen molar-refractivity contribution in [2.75, 3.05) is 12.3 Å². The Bertz CT molecular complexity index is 1030. The van der Waals surface area contributed by atoms with Crippen molar-refractivity contribution in [1.29, 1.82) is 0 Å². The van der Waals surface area contributed by atoms with Gasteiger partial charge in [0.05, 0.1) is 24.5 Å². The second-order valence-corrected chi connectivity index (χ2v) is 7.49. The first-order valence-corrected chi connectivity index (χ1v) is 9.64. The molecule has 0 aliphatic carbocycles. The van der Waals surface area contributed by atoms with Gasteiger partial charge in [-0.05, 0) is 6.07 Å². The number of anilines is 1. The highest BCUT2D eigenvalue weighted by Crippen LogP contribution is 2.40. The number of hydrogen-bond donors (Lipinski definition) is 5. The van der Waals surface area contributed by atoms with Gasteiger partial charge >= 0.3 is 7.82 Å². The van der Waals surface area contributed by atoms with Crippen molar-refractivity contribution < 1.29 is 38.2 Å². The van der Waals surface area contributed by atoms with Crippen LogP contribution in [0.15, 0.2) is 35.5 Å². The molecule has 4 heterocycles. The molecule has 0 amide bonds. The summed E-state index contributed by atoms with van der Waals surface area (Å²) < 4.78 is 27.5. The summed E-state index contributed by atoms with van der Waals surface area (Å²) in [7, 11) is -4.76. The quantitative estimate of drug-likeness (QED) is 0.355. The number of fused-ring (bicyclic) bond motifs is 1. The third-order valence-corrected chi connectivity index (χ3v) is 4.97. The fourth-order valence-corrected chi connectivity index (χ4v) is 3.55. The number of nitrogen functional groups attached to an aromatic ring is 1. The molecular formula is C15H17N4O8P. The number of ether oxygens (including phenoxy) is 1. The molecule has 1 unspecified atom stereocenters. The molecule has 6 N–H and O–H groups in total. The van der Waals surface area contributed by atoms with E-state index in [4.69, 9.17) is 24.7 Å². The lowest BCUT2D eigenvalue weighted by Crippen LogP contribution is -2.33. The molecule has 0 saturated carbocycles. The Morgan fingerprint density at radius 3 is 2.75 bits per heavy atom. The summed E-state index contributed by atoms with van der Waals surface area (Å²) in [5.41, 5.74) is 7.67. The number of phosphoric ester groups is 1. The SMILES string of the molecule is Nc1ncnc2c1c(-c1ccoc1)cn2[C@@H]1O[C@H](COP(=O)(O)O)C(O)[C@@H]1O. The molecule has 1 aliphatic heterocycles. The first kappa shape index (κ1) is 19.0. The summed E-state index contributed by atoms with van der Waals surface area (Å²) in [6, 6.07) is 1.71. The second kappa shape index (κ2) is 6.94. The van der Waals surface area contributed by atoms with Crippen molar-refractivity contribution in [3.8, 4) is 11.1 Å². The molecule has 3 aromatic heterocycles. The van der Waals surface area contributed by atoms with Crippen molar-refractivity contribution in [3.05, 3.63) is 31.1 Å². The van der Waals surface area contributed by atoms with Crippen LogP contribution in [-0.4, -0.2) is 59.5 Å². The number of phosphoric acid groups is 1. The topological polar surface area (TPSA) is 186 Å². The lowest BCUT2D eigenvalue weighted by Gasteiger charge is -2.17. The summed E-state index contributed by atoms with van der Waals surface area (Å²) in [5, 5.41) is 21.2. The first-order valence-electron chi connectivity index (χ1n) is 8.11. The van der Waals surface area contributed by atoms with E-state index in [1.165, 1.54) is 23.4 Å². The smallest absolute Gasteiger partial charge is 0.469 e. The standard InChI is InChI=1S/C15H17N4O8P/c16-13-10-8(7-1-2-25-4-7)3-19(14(10)18-6-17-13)15-12(21)11(20)9(27-15)5-26-28(22,23)24/h1-4,6,9,11-12,15,20-21H,5H2,(H2,16,17,18)(H2,22,23,24)/t9-,11?,12+,15-/m1/s1. The molecule has 13 heteroatoms. The van der Waals surface area contributed by atoms with Crippen LogP contribution in [0.3, 0.4) is 0 Å². The Balaban J connectivity index is 1.73. The average molecular weight is 412 g/mol. The minimum absolute atomic E-state index is 0.203. The molecule has 4 rings (SSSR count). The highest BCUT2D eigenvalue weighted by Gasteiger charge is 2.45. The molecule has 0 bridgehead atoms. The van der Waals surface area contributed by atoms with Crippen molar-refractivity contribution in [2.45, 2.75) is 24.5 Å². The van der Waals surface area contributed by atoms with Gasteiger partial charge in [0.2, 0.25) is 0 Å². The zero-order chi connectivity index (χ0) is 20.1. The summed E-state index contributed by atoms with van der Waals surface area (Å²) in [5.74, 6) is 0.203. The Morgan fingerprint density at radius 1 is 1.29 bits per heavy atom. The van der Waals surface area contributed by atoms with E-state index in [9.17, 15) is 14.8 Å². The van der Waals surface area contributed by atoms with Crippen LogP contribution < -0.4 is 5.73 Å². The summed E-state index contributed by atoms with van der Waals surface area (Å²) in [6.07, 6.45) is 0.744. The first-order chi connectivity index (χ1) is 13.3. The van der Waals surface area contributed by atoms with Gasteiger partial charge in [0, 0.05) is 17.3 Å². The molecule has 1 fully saturated rings. The van der Waals surface area contributed by atoms with E-state index in [0.717, 1.165) is 0 Å². The lowest BCUT2D eigenvalue weighted by molar-refractivity contribution is -0.0501. The molecule has 28 heavy (non-hydrogen) atoms. The van der Waals surface area contributed by atoms with E-state index < -0.39 is 39.0 Å². The van der Waals surface area contributed by atoms with Gasteiger partial charge < -0.3 is 39.5 Å². The van der Waals surface area contributed by atoms with E-state index in [1.807, 2.05) is 0 Å².